The van der Waals surface area contributed by atoms with E-state index in [1.165, 1.54) is 11.9 Å². The first-order valence-corrected chi connectivity index (χ1v) is 4.61. The van der Waals surface area contributed by atoms with E-state index in [1.807, 2.05) is 6.07 Å². The van der Waals surface area contributed by atoms with Crippen molar-refractivity contribution in [1.29, 1.82) is 5.26 Å². The predicted octanol–water partition coefficient (Wildman–Crippen LogP) is 1.92. The fourth-order valence-electron chi connectivity index (χ4n) is 1.16. The highest BCUT2D eigenvalue weighted by Gasteiger charge is 2.18. The van der Waals surface area contributed by atoms with Gasteiger partial charge >= 0.3 is 6.03 Å². The van der Waals surface area contributed by atoms with E-state index in [-0.39, 0.29) is 0 Å². The van der Waals surface area contributed by atoms with Crippen molar-refractivity contribution in [3.63, 3.8) is 0 Å². The maximum atomic E-state index is 10.9. The number of benzene rings is 1. The third-order valence-corrected chi connectivity index (χ3v) is 2.29. The SMILES string of the molecule is CN(C(N)=O)C(C#N)c1ccc(Cl)cc1. The van der Waals surface area contributed by atoms with Gasteiger partial charge in [0.2, 0.25) is 0 Å². The summed E-state index contributed by atoms with van der Waals surface area (Å²) >= 11 is 5.71. The second-order valence-electron chi connectivity index (χ2n) is 3.03. The molecule has 1 atom stereocenters. The molecule has 78 valence electrons. The zero-order valence-corrected chi connectivity index (χ0v) is 8.90. The molecule has 0 bridgehead atoms. The average Bonchev–Trinajstić information content (AvgIpc) is 2.21. The lowest BCUT2D eigenvalue weighted by molar-refractivity contribution is 0.210. The number of nitriles is 1. The molecule has 15 heavy (non-hydrogen) atoms. The van der Waals surface area contributed by atoms with Gasteiger partial charge < -0.3 is 10.6 Å². The average molecular weight is 224 g/mol. The maximum Gasteiger partial charge on any atom is 0.315 e. The number of carbonyl (C=O) groups excluding carboxylic acids is 1. The molecule has 2 N–H and O–H groups in total. The third kappa shape index (κ3) is 2.61. The van der Waals surface area contributed by atoms with Gasteiger partial charge in [0.25, 0.3) is 0 Å². The second kappa shape index (κ2) is 4.67. The lowest BCUT2D eigenvalue weighted by atomic mass is 10.1. The van der Waals surface area contributed by atoms with Crippen molar-refractivity contribution in [2.45, 2.75) is 6.04 Å². The predicted molar refractivity (Wildman–Crippen MR) is 57.2 cm³/mol. The summed E-state index contributed by atoms with van der Waals surface area (Å²) < 4.78 is 0. The summed E-state index contributed by atoms with van der Waals surface area (Å²) in [5.41, 5.74) is 5.77. The Balaban J connectivity index is 2.99. The zero-order valence-electron chi connectivity index (χ0n) is 8.14. The zero-order chi connectivity index (χ0) is 11.4. The van der Waals surface area contributed by atoms with Crippen LogP contribution in [-0.4, -0.2) is 18.0 Å². The van der Waals surface area contributed by atoms with Crippen LogP contribution < -0.4 is 5.73 Å². The quantitative estimate of drug-likeness (QED) is 0.832. The molecule has 2 amide bonds. The molecule has 1 rings (SSSR count). The third-order valence-electron chi connectivity index (χ3n) is 2.04. The number of primary amides is 1. The van der Waals surface area contributed by atoms with E-state index >= 15 is 0 Å². The molecule has 0 aliphatic heterocycles. The molecule has 1 aromatic carbocycles. The highest BCUT2D eigenvalue weighted by molar-refractivity contribution is 6.30. The number of nitrogens with zero attached hydrogens (tertiary/aromatic N) is 2. The normalized spacial score (nSPS) is 11.5. The summed E-state index contributed by atoms with van der Waals surface area (Å²) in [5.74, 6) is 0. The van der Waals surface area contributed by atoms with Crippen molar-refractivity contribution in [3.8, 4) is 6.07 Å². The van der Waals surface area contributed by atoms with Crippen LogP contribution in [0.4, 0.5) is 4.79 Å². The molecule has 0 heterocycles. The van der Waals surface area contributed by atoms with Crippen molar-refractivity contribution < 1.29 is 4.79 Å². The lowest BCUT2D eigenvalue weighted by Gasteiger charge is -2.20. The van der Waals surface area contributed by atoms with Crippen LogP contribution in [0, 0.1) is 11.3 Å². The summed E-state index contributed by atoms with van der Waals surface area (Å²) in [4.78, 5) is 12.1. The Morgan fingerprint density at radius 2 is 2.07 bits per heavy atom. The Bertz CT molecular complexity index is 396. The molecule has 0 aliphatic carbocycles. The Morgan fingerprint density at radius 1 is 1.53 bits per heavy atom. The molecule has 0 aromatic heterocycles. The smallest absolute Gasteiger partial charge is 0.315 e. The Morgan fingerprint density at radius 3 is 2.47 bits per heavy atom. The van der Waals surface area contributed by atoms with E-state index in [2.05, 4.69) is 0 Å². The number of hydrogen-bond donors (Lipinski definition) is 1. The van der Waals surface area contributed by atoms with Crippen LogP contribution in [0.1, 0.15) is 11.6 Å². The molecule has 1 aromatic rings. The van der Waals surface area contributed by atoms with E-state index < -0.39 is 12.1 Å². The minimum atomic E-state index is -0.681. The first-order chi connectivity index (χ1) is 7.06. The van der Waals surface area contributed by atoms with Gasteiger partial charge in [0.15, 0.2) is 0 Å². The van der Waals surface area contributed by atoms with E-state index in [0.717, 1.165) is 0 Å². The van der Waals surface area contributed by atoms with Gasteiger partial charge in [-0.05, 0) is 17.7 Å². The Kier molecular flexibility index (Phi) is 3.53. The van der Waals surface area contributed by atoms with Gasteiger partial charge in [0.05, 0.1) is 6.07 Å². The standard InChI is InChI=1S/C10H10ClN3O/c1-14(10(13)15)9(6-12)7-2-4-8(11)5-3-7/h2-5,9H,1H3,(H2,13,15). The second-order valence-corrected chi connectivity index (χ2v) is 3.47. The van der Waals surface area contributed by atoms with Gasteiger partial charge in [-0.15, -0.1) is 0 Å². The highest BCUT2D eigenvalue weighted by atomic mass is 35.5. The lowest BCUT2D eigenvalue weighted by Crippen LogP contribution is -2.34. The van der Waals surface area contributed by atoms with Gasteiger partial charge in [-0.3, -0.25) is 0 Å². The molecule has 0 radical (unpaired) electrons. The molecule has 1 unspecified atom stereocenters. The van der Waals surface area contributed by atoms with Gasteiger partial charge in [0.1, 0.15) is 6.04 Å². The van der Waals surface area contributed by atoms with Crippen LogP contribution in [0.15, 0.2) is 24.3 Å². The summed E-state index contributed by atoms with van der Waals surface area (Å²) in [7, 11) is 1.48. The summed E-state index contributed by atoms with van der Waals surface area (Å²) in [5, 5.41) is 9.52. The van der Waals surface area contributed by atoms with E-state index in [9.17, 15) is 4.79 Å². The van der Waals surface area contributed by atoms with E-state index in [1.54, 1.807) is 24.3 Å². The number of amides is 2. The van der Waals surface area contributed by atoms with Crippen LogP contribution >= 0.6 is 11.6 Å². The molecule has 0 aliphatic rings. The molecule has 0 saturated heterocycles. The van der Waals surface area contributed by atoms with Crippen molar-refractivity contribution in [1.82, 2.24) is 4.90 Å². The Labute approximate surface area is 92.8 Å². The number of rotatable bonds is 2. The monoisotopic (exact) mass is 223 g/mol. The topological polar surface area (TPSA) is 70.1 Å². The molecule has 4 nitrogen and oxygen atoms in total. The van der Waals surface area contributed by atoms with Crippen molar-refractivity contribution in [2.75, 3.05) is 7.05 Å². The van der Waals surface area contributed by atoms with Crippen LogP contribution in [0.5, 0.6) is 0 Å². The number of carbonyl (C=O) groups is 1. The van der Waals surface area contributed by atoms with Crippen LogP contribution in [0.3, 0.4) is 0 Å². The van der Waals surface area contributed by atoms with Gasteiger partial charge in [-0.1, -0.05) is 23.7 Å². The van der Waals surface area contributed by atoms with Gasteiger partial charge in [0, 0.05) is 12.1 Å². The minimum Gasteiger partial charge on any atom is -0.351 e. The van der Waals surface area contributed by atoms with Crippen molar-refractivity contribution >= 4 is 17.6 Å². The van der Waals surface area contributed by atoms with E-state index in [0.29, 0.717) is 10.6 Å². The van der Waals surface area contributed by atoms with Crippen LogP contribution in [0.2, 0.25) is 5.02 Å². The summed E-state index contributed by atoms with van der Waals surface area (Å²) in [6.45, 7) is 0. The summed E-state index contributed by atoms with van der Waals surface area (Å²) in [6, 6.07) is 7.38. The highest BCUT2D eigenvalue weighted by Crippen LogP contribution is 2.20. The largest absolute Gasteiger partial charge is 0.351 e. The van der Waals surface area contributed by atoms with E-state index in [4.69, 9.17) is 22.6 Å². The minimum absolute atomic E-state index is 0.581. The first kappa shape index (κ1) is 11.3. The number of nitrogens with two attached hydrogens (primary N) is 1. The number of halogens is 1. The summed E-state index contributed by atoms with van der Waals surface area (Å²) in [6.07, 6.45) is 0. The molecular formula is C10H10ClN3O. The van der Waals surface area contributed by atoms with Gasteiger partial charge in [-0.2, -0.15) is 5.26 Å². The first-order valence-electron chi connectivity index (χ1n) is 4.23. The molecule has 0 fully saturated rings. The fourth-order valence-corrected chi connectivity index (χ4v) is 1.28. The molecule has 5 heteroatoms. The molecule has 0 spiro atoms. The maximum absolute atomic E-state index is 10.9. The Hall–Kier alpha value is -1.73. The number of hydrogen-bond acceptors (Lipinski definition) is 2. The fraction of sp³-hybridized carbons (Fsp3) is 0.200. The molecule has 0 saturated carbocycles. The molecular weight excluding hydrogens is 214 g/mol. The number of urea groups is 1. The van der Waals surface area contributed by atoms with Gasteiger partial charge in [-0.25, -0.2) is 4.79 Å². The van der Waals surface area contributed by atoms with Crippen molar-refractivity contribution in [2.24, 2.45) is 5.73 Å². The van der Waals surface area contributed by atoms with Crippen molar-refractivity contribution in [3.05, 3.63) is 34.9 Å². The van der Waals surface area contributed by atoms with Crippen LogP contribution in [-0.2, 0) is 0 Å². The van der Waals surface area contributed by atoms with Crippen LogP contribution in [0.25, 0.3) is 0 Å².